The van der Waals surface area contributed by atoms with Crippen molar-refractivity contribution >= 4 is 23.1 Å². The summed E-state index contributed by atoms with van der Waals surface area (Å²) in [6.45, 7) is 1.74. The van der Waals surface area contributed by atoms with Crippen LogP contribution in [0.25, 0.3) is 17.2 Å². The van der Waals surface area contributed by atoms with Crippen molar-refractivity contribution in [2.45, 2.75) is 6.92 Å². The number of nitrogens with one attached hydrogen (secondary N) is 1. The van der Waals surface area contributed by atoms with Crippen LogP contribution in [0, 0.1) is 6.92 Å². The predicted octanol–water partition coefficient (Wildman–Crippen LogP) is 1.63. The van der Waals surface area contributed by atoms with Gasteiger partial charge < -0.3 is 5.73 Å². The van der Waals surface area contributed by atoms with Crippen molar-refractivity contribution in [2.75, 3.05) is 5.73 Å². The van der Waals surface area contributed by atoms with Crippen LogP contribution in [0.5, 0.6) is 0 Å². The Bertz CT molecular complexity index is 836. The van der Waals surface area contributed by atoms with Crippen molar-refractivity contribution < 1.29 is 0 Å². The number of aromatic amines is 1. The Kier molecular flexibility index (Phi) is 2.53. The van der Waals surface area contributed by atoms with Gasteiger partial charge in [-0.15, -0.1) is 0 Å². The first-order chi connectivity index (χ1) is 9.06. The van der Waals surface area contributed by atoms with E-state index in [4.69, 9.17) is 17.3 Å². The maximum absolute atomic E-state index is 11.8. The van der Waals surface area contributed by atoms with Crippen LogP contribution in [0.15, 0.2) is 29.1 Å². The molecule has 0 aliphatic carbocycles. The molecule has 0 aliphatic heterocycles. The average molecular weight is 276 g/mol. The topological polar surface area (TPSA) is 89.1 Å². The van der Waals surface area contributed by atoms with E-state index in [-0.39, 0.29) is 5.56 Å². The first-order valence-corrected chi connectivity index (χ1v) is 5.95. The standard InChI is InChI=1S/C12H10ClN5O/c1-6-5-9(19)18-12(15-6)16-11(17-18)7-3-2-4-8(13)10(7)14/h2-5H,14H2,1H3,(H,15,16,17). The lowest BCUT2D eigenvalue weighted by atomic mass is 10.2. The number of halogens is 1. The number of fused-ring (bicyclic) bond motifs is 1. The molecule has 0 amide bonds. The van der Waals surface area contributed by atoms with Crippen LogP contribution in [-0.2, 0) is 0 Å². The van der Waals surface area contributed by atoms with E-state index in [1.54, 1.807) is 25.1 Å². The lowest BCUT2D eigenvalue weighted by Gasteiger charge is -2.02. The molecule has 3 N–H and O–H groups in total. The molecule has 0 aliphatic rings. The van der Waals surface area contributed by atoms with Crippen molar-refractivity contribution in [1.29, 1.82) is 0 Å². The third-order valence-electron chi connectivity index (χ3n) is 2.77. The Morgan fingerprint density at radius 2 is 2.16 bits per heavy atom. The fourth-order valence-electron chi connectivity index (χ4n) is 1.86. The number of hydrogen-bond donors (Lipinski definition) is 2. The number of aryl methyl sites for hydroxylation is 1. The quantitative estimate of drug-likeness (QED) is 0.661. The molecule has 3 aromatic rings. The molecule has 3 rings (SSSR count). The molecule has 1 aromatic carbocycles. The zero-order valence-electron chi connectivity index (χ0n) is 10.0. The van der Waals surface area contributed by atoms with Gasteiger partial charge in [-0.3, -0.25) is 9.89 Å². The van der Waals surface area contributed by atoms with Gasteiger partial charge in [-0.25, -0.2) is 4.98 Å². The lowest BCUT2D eigenvalue weighted by Crippen LogP contribution is -2.14. The molecule has 0 radical (unpaired) electrons. The number of anilines is 1. The monoisotopic (exact) mass is 275 g/mol. The summed E-state index contributed by atoms with van der Waals surface area (Å²) >= 11 is 5.97. The highest BCUT2D eigenvalue weighted by Crippen LogP contribution is 2.29. The number of benzene rings is 1. The van der Waals surface area contributed by atoms with Crippen LogP contribution < -0.4 is 11.3 Å². The van der Waals surface area contributed by atoms with E-state index in [0.717, 1.165) is 0 Å². The van der Waals surface area contributed by atoms with E-state index in [2.05, 4.69) is 15.1 Å². The second kappa shape index (κ2) is 4.10. The summed E-state index contributed by atoms with van der Waals surface area (Å²) in [7, 11) is 0. The molecular weight excluding hydrogens is 266 g/mol. The SMILES string of the molecule is Cc1cc(=O)n2[nH]c(-c3cccc(Cl)c3N)nc2n1. The minimum atomic E-state index is -0.221. The predicted molar refractivity (Wildman–Crippen MR) is 73.2 cm³/mol. The third kappa shape index (κ3) is 1.86. The molecule has 0 unspecified atom stereocenters. The van der Waals surface area contributed by atoms with Crippen molar-refractivity contribution in [3.05, 3.63) is 45.3 Å². The molecule has 0 saturated heterocycles. The molecule has 0 fully saturated rings. The molecule has 7 heteroatoms. The Morgan fingerprint density at radius 3 is 2.95 bits per heavy atom. The minimum absolute atomic E-state index is 0.221. The Hall–Kier alpha value is -2.34. The molecular formula is C12H10ClN5O. The molecule has 0 bridgehead atoms. The Labute approximate surface area is 112 Å². The second-order valence-electron chi connectivity index (χ2n) is 4.14. The van der Waals surface area contributed by atoms with Crippen LogP contribution in [0.1, 0.15) is 5.69 Å². The van der Waals surface area contributed by atoms with Crippen molar-refractivity contribution in [3.8, 4) is 11.4 Å². The van der Waals surface area contributed by atoms with E-state index in [9.17, 15) is 4.79 Å². The summed E-state index contributed by atoms with van der Waals surface area (Å²) in [5, 5.41) is 3.31. The minimum Gasteiger partial charge on any atom is -0.397 e. The Balaban J connectivity index is 2.30. The maximum Gasteiger partial charge on any atom is 0.274 e. The molecule has 6 nitrogen and oxygen atoms in total. The third-order valence-corrected chi connectivity index (χ3v) is 3.10. The second-order valence-corrected chi connectivity index (χ2v) is 4.55. The zero-order chi connectivity index (χ0) is 13.6. The largest absolute Gasteiger partial charge is 0.397 e. The fourth-order valence-corrected chi connectivity index (χ4v) is 2.03. The molecule has 2 heterocycles. The molecule has 19 heavy (non-hydrogen) atoms. The van der Waals surface area contributed by atoms with Gasteiger partial charge in [0.1, 0.15) is 0 Å². The van der Waals surface area contributed by atoms with E-state index in [0.29, 0.717) is 33.6 Å². The summed E-state index contributed by atoms with van der Waals surface area (Å²) in [5.74, 6) is 0.759. The molecule has 0 saturated carbocycles. The number of para-hydroxylation sites is 1. The van der Waals surface area contributed by atoms with Gasteiger partial charge in [0.05, 0.1) is 10.7 Å². The first-order valence-electron chi connectivity index (χ1n) is 5.57. The van der Waals surface area contributed by atoms with Gasteiger partial charge in [0.15, 0.2) is 5.82 Å². The van der Waals surface area contributed by atoms with Crippen molar-refractivity contribution in [1.82, 2.24) is 19.6 Å². The molecule has 0 spiro atoms. The summed E-state index contributed by atoms with van der Waals surface area (Å²) in [6.07, 6.45) is 0. The maximum atomic E-state index is 11.8. The van der Waals surface area contributed by atoms with Crippen LogP contribution in [-0.4, -0.2) is 19.6 Å². The van der Waals surface area contributed by atoms with E-state index >= 15 is 0 Å². The number of H-pyrrole nitrogens is 1. The van der Waals surface area contributed by atoms with Gasteiger partial charge in [0.2, 0.25) is 0 Å². The van der Waals surface area contributed by atoms with E-state index < -0.39 is 0 Å². The van der Waals surface area contributed by atoms with Crippen LogP contribution in [0.4, 0.5) is 5.69 Å². The van der Waals surface area contributed by atoms with Gasteiger partial charge in [-0.1, -0.05) is 17.7 Å². The number of hydrogen-bond acceptors (Lipinski definition) is 4. The average Bonchev–Trinajstić information content (AvgIpc) is 2.76. The van der Waals surface area contributed by atoms with Crippen molar-refractivity contribution in [3.63, 3.8) is 0 Å². The van der Waals surface area contributed by atoms with Crippen LogP contribution >= 0.6 is 11.6 Å². The van der Waals surface area contributed by atoms with Gasteiger partial charge >= 0.3 is 0 Å². The summed E-state index contributed by atoms with van der Waals surface area (Å²) in [5.41, 5.74) is 7.34. The smallest absolute Gasteiger partial charge is 0.274 e. The normalized spacial score (nSPS) is 11.1. The molecule has 2 aromatic heterocycles. The fraction of sp³-hybridized carbons (Fsp3) is 0.0833. The van der Waals surface area contributed by atoms with Gasteiger partial charge in [-0.05, 0) is 19.1 Å². The van der Waals surface area contributed by atoms with Crippen LogP contribution in [0.2, 0.25) is 5.02 Å². The highest BCUT2D eigenvalue weighted by atomic mass is 35.5. The van der Waals surface area contributed by atoms with E-state index in [1.807, 2.05) is 0 Å². The summed E-state index contributed by atoms with van der Waals surface area (Å²) < 4.78 is 1.27. The Morgan fingerprint density at radius 1 is 1.37 bits per heavy atom. The number of nitrogens with zero attached hydrogens (tertiary/aromatic N) is 3. The van der Waals surface area contributed by atoms with Crippen molar-refractivity contribution in [2.24, 2.45) is 0 Å². The number of rotatable bonds is 1. The molecule has 0 atom stereocenters. The number of nitrogens with two attached hydrogens (primary N) is 1. The van der Waals surface area contributed by atoms with Crippen LogP contribution in [0.3, 0.4) is 0 Å². The van der Waals surface area contributed by atoms with E-state index in [1.165, 1.54) is 10.6 Å². The van der Waals surface area contributed by atoms with Gasteiger partial charge in [0.25, 0.3) is 11.3 Å². The highest BCUT2D eigenvalue weighted by molar-refractivity contribution is 6.33. The van der Waals surface area contributed by atoms with Gasteiger partial charge in [0, 0.05) is 17.3 Å². The van der Waals surface area contributed by atoms with Gasteiger partial charge in [-0.2, -0.15) is 9.50 Å². The number of nitrogen functional groups attached to an aromatic ring is 1. The lowest BCUT2D eigenvalue weighted by molar-refractivity contribution is 0.892. The highest BCUT2D eigenvalue weighted by Gasteiger charge is 2.12. The number of aromatic nitrogens is 4. The first kappa shape index (κ1) is 11.7. The summed E-state index contributed by atoms with van der Waals surface area (Å²) in [6, 6.07) is 6.66. The zero-order valence-corrected chi connectivity index (χ0v) is 10.8. The molecule has 96 valence electrons. The summed E-state index contributed by atoms with van der Waals surface area (Å²) in [4.78, 5) is 20.2.